The van der Waals surface area contributed by atoms with E-state index < -0.39 is 0 Å². The Balaban J connectivity index is 1.75. The summed E-state index contributed by atoms with van der Waals surface area (Å²) in [6.07, 6.45) is 4.83. The highest BCUT2D eigenvalue weighted by molar-refractivity contribution is 7.17. The monoisotopic (exact) mass is 342 g/mol. The summed E-state index contributed by atoms with van der Waals surface area (Å²) in [5.41, 5.74) is 3.05. The molecule has 0 radical (unpaired) electrons. The molecule has 4 rings (SSSR count). The van der Waals surface area contributed by atoms with Crippen molar-refractivity contribution in [1.29, 1.82) is 0 Å². The van der Waals surface area contributed by atoms with Crippen molar-refractivity contribution in [3.63, 3.8) is 0 Å². The maximum atomic E-state index is 13.8. The molecule has 2 heterocycles. The molecule has 1 N–H and O–H groups in total. The Bertz CT molecular complexity index is 810. The van der Waals surface area contributed by atoms with Crippen LogP contribution in [0.4, 0.5) is 10.1 Å². The van der Waals surface area contributed by atoms with Crippen LogP contribution in [0.25, 0.3) is 10.4 Å². The number of carbonyl (C=O) groups excluding carboxylic acids is 1. The Kier molecular flexibility index (Phi) is 3.88. The first-order valence-corrected chi connectivity index (χ1v) is 9.06. The van der Waals surface area contributed by atoms with Crippen molar-refractivity contribution in [3.8, 4) is 10.4 Å². The molecule has 0 bridgehead atoms. The molecular weight excluding hydrogens is 323 g/mol. The first-order chi connectivity index (χ1) is 11.7. The zero-order chi connectivity index (χ0) is 16.7. The minimum Gasteiger partial charge on any atom is -0.367 e. The lowest BCUT2D eigenvalue weighted by atomic mass is 10.1. The zero-order valence-electron chi connectivity index (χ0n) is 13.3. The number of halogens is 1. The van der Waals surface area contributed by atoms with E-state index in [-0.39, 0.29) is 11.7 Å². The van der Waals surface area contributed by atoms with E-state index in [9.17, 15) is 9.18 Å². The average molecular weight is 342 g/mol. The highest BCUT2D eigenvalue weighted by Crippen LogP contribution is 2.41. The van der Waals surface area contributed by atoms with Gasteiger partial charge in [0.2, 0.25) is 0 Å². The van der Waals surface area contributed by atoms with Crippen LogP contribution < -0.4 is 10.2 Å². The van der Waals surface area contributed by atoms with Gasteiger partial charge in [0.05, 0.1) is 4.88 Å². The minimum absolute atomic E-state index is 0.0159. The van der Waals surface area contributed by atoms with Crippen LogP contribution in [0.1, 0.15) is 28.1 Å². The summed E-state index contributed by atoms with van der Waals surface area (Å²) in [4.78, 5) is 16.3. The number of rotatable bonds is 4. The van der Waals surface area contributed by atoms with Gasteiger partial charge in [0.1, 0.15) is 5.82 Å². The van der Waals surface area contributed by atoms with Gasteiger partial charge in [-0.3, -0.25) is 4.79 Å². The molecule has 1 amide bonds. The molecule has 1 saturated carbocycles. The third-order valence-corrected chi connectivity index (χ3v) is 5.70. The fourth-order valence-electron chi connectivity index (χ4n) is 3.12. The first kappa shape index (κ1) is 15.4. The smallest absolute Gasteiger partial charge is 0.261 e. The molecule has 0 atom stereocenters. The second-order valence-electron chi connectivity index (χ2n) is 6.36. The standard InChI is InChI=1S/C19H19FN2OS/c1-2-8-22-9-7-12-10-17(19(23)21-14-4-5-14)24-18(12)15-6-3-13(20)11-16(15)22/h2-3,6,10-11,14H,1,4-5,7-9H2,(H,21,23). The van der Waals surface area contributed by atoms with Gasteiger partial charge < -0.3 is 10.2 Å². The van der Waals surface area contributed by atoms with Crippen molar-refractivity contribution in [2.75, 3.05) is 18.0 Å². The summed E-state index contributed by atoms with van der Waals surface area (Å²) < 4.78 is 13.8. The Labute approximate surface area is 144 Å². The van der Waals surface area contributed by atoms with Gasteiger partial charge in [-0.1, -0.05) is 6.08 Å². The highest BCUT2D eigenvalue weighted by atomic mass is 32.1. The zero-order valence-corrected chi connectivity index (χ0v) is 14.2. The Morgan fingerprint density at radius 1 is 1.42 bits per heavy atom. The van der Waals surface area contributed by atoms with Crippen molar-refractivity contribution in [1.82, 2.24) is 5.32 Å². The fraction of sp³-hybridized carbons (Fsp3) is 0.316. The van der Waals surface area contributed by atoms with E-state index in [4.69, 9.17) is 0 Å². The van der Waals surface area contributed by atoms with Crippen LogP contribution >= 0.6 is 11.3 Å². The fourth-order valence-corrected chi connectivity index (χ4v) is 4.27. The molecule has 1 aromatic heterocycles. The molecule has 0 saturated heterocycles. The number of carbonyl (C=O) groups is 1. The van der Waals surface area contributed by atoms with Crippen LogP contribution in [0.5, 0.6) is 0 Å². The van der Waals surface area contributed by atoms with Crippen molar-refractivity contribution in [2.45, 2.75) is 25.3 Å². The van der Waals surface area contributed by atoms with Crippen molar-refractivity contribution < 1.29 is 9.18 Å². The summed E-state index contributed by atoms with van der Waals surface area (Å²) in [6, 6.07) is 7.25. The molecule has 1 aliphatic carbocycles. The van der Waals surface area contributed by atoms with Crippen LogP contribution in [-0.2, 0) is 6.42 Å². The third kappa shape index (κ3) is 2.84. The lowest BCUT2D eigenvalue weighted by molar-refractivity contribution is 0.0955. The molecule has 5 heteroatoms. The van der Waals surface area contributed by atoms with Gasteiger partial charge in [0.25, 0.3) is 5.91 Å². The van der Waals surface area contributed by atoms with Gasteiger partial charge in [0, 0.05) is 35.3 Å². The van der Waals surface area contributed by atoms with E-state index in [1.807, 2.05) is 18.2 Å². The van der Waals surface area contributed by atoms with Crippen LogP contribution in [0.15, 0.2) is 36.9 Å². The lowest BCUT2D eigenvalue weighted by Crippen LogP contribution is -2.25. The maximum absolute atomic E-state index is 13.8. The second-order valence-corrected chi connectivity index (χ2v) is 7.41. The third-order valence-electron chi connectivity index (χ3n) is 4.49. The predicted octanol–water partition coefficient (Wildman–Crippen LogP) is 3.99. The van der Waals surface area contributed by atoms with E-state index in [0.29, 0.717) is 12.6 Å². The van der Waals surface area contributed by atoms with Crippen molar-refractivity contribution in [3.05, 3.63) is 53.2 Å². The molecule has 124 valence electrons. The van der Waals surface area contributed by atoms with E-state index in [1.165, 1.54) is 23.0 Å². The van der Waals surface area contributed by atoms with Crippen LogP contribution in [0.3, 0.4) is 0 Å². The van der Waals surface area contributed by atoms with Gasteiger partial charge >= 0.3 is 0 Å². The summed E-state index contributed by atoms with van der Waals surface area (Å²) in [5, 5.41) is 3.04. The number of anilines is 1. The quantitative estimate of drug-likeness (QED) is 0.852. The largest absolute Gasteiger partial charge is 0.367 e. The number of hydrogen-bond acceptors (Lipinski definition) is 3. The van der Waals surface area contributed by atoms with Crippen LogP contribution in [0.2, 0.25) is 0 Å². The Hall–Kier alpha value is -2.14. The highest BCUT2D eigenvalue weighted by Gasteiger charge is 2.27. The van der Waals surface area contributed by atoms with Gasteiger partial charge in [-0.2, -0.15) is 0 Å². The Morgan fingerprint density at radius 3 is 3.00 bits per heavy atom. The molecule has 24 heavy (non-hydrogen) atoms. The molecule has 1 fully saturated rings. The van der Waals surface area contributed by atoms with E-state index in [0.717, 1.165) is 46.8 Å². The maximum Gasteiger partial charge on any atom is 0.261 e. The number of nitrogens with zero attached hydrogens (tertiary/aromatic N) is 1. The molecule has 1 aromatic carbocycles. The number of nitrogens with one attached hydrogen (secondary N) is 1. The SMILES string of the molecule is C=CCN1CCc2cc(C(=O)NC3CC3)sc2-c2ccc(F)cc21. The first-order valence-electron chi connectivity index (χ1n) is 8.25. The van der Waals surface area contributed by atoms with Crippen molar-refractivity contribution in [2.24, 2.45) is 0 Å². The summed E-state index contributed by atoms with van der Waals surface area (Å²) in [6.45, 7) is 5.27. The van der Waals surface area contributed by atoms with Gasteiger partial charge in [-0.25, -0.2) is 4.39 Å². The number of fused-ring (bicyclic) bond motifs is 3. The van der Waals surface area contributed by atoms with Crippen LogP contribution in [0, 0.1) is 5.82 Å². The number of hydrogen-bond donors (Lipinski definition) is 1. The van der Waals surface area contributed by atoms with Gasteiger partial charge in [-0.05, 0) is 49.1 Å². The normalized spacial score (nSPS) is 16.1. The lowest BCUT2D eigenvalue weighted by Gasteiger charge is -2.23. The van der Waals surface area contributed by atoms with Gasteiger partial charge in [-0.15, -0.1) is 17.9 Å². The molecule has 1 aliphatic heterocycles. The Morgan fingerprint density at radius 2 is 2.25 bits per heavy atom. The molecule has 0 unspecified atom stereocenters. The number of thiophene rings is 1. The predicted molar refractivity (Wildman–Crippen MR) is 96.3 cm³/mol. The molecular formula is C19H19FN2OS. The van der Waals surface area contributed by atoms with E-state index >= 15 is 0 Å². The summed E-state index contributed by atoms with van der Waals surface area (Å²) >= 11 is 1.51. The molecule has 2 aromatic rings. The summed E-state index contributed by atoms with van der Waals surface area (Å²) in [7, 11) is 0. The van der Waals surface area contributed by atoms with E-state index in [2.05, 4.69) is 16.8 Å². The van der Waals surface area contributed by atoms with Crippen molar-refractivity contribution >= 4 is 22.9 Å². The number of amides is 1. The van der Waals surface area contributed by atoms with E-state index in [1.54, 1.807) is 6.07 Å². The summed E-state index contributed by atoms with van der Waals surface area (Å²) in [5.74, 6) is -0.225. The average Bonchev–Trinajstić information content (AvgIpc) is 3.30. The van der Waals surface area contributed by atoms with Gasteiger partial charge in [0.15, 0.2) is 0 Å². The topological polar surface area (TPSA) is 32.3 Å². The number of benzene rings is 1. The second kappa shape index (κ2) is 6.06. The van der Waals surface area contributed by atoms with Crippen LogP contribution in [-0.4, -0.2) is 25.0 Å². The molecule has 0 spiro atoms. The molecule has 3 nitrogen and oxygen atoms in total. The molecule has 2 aliphatic rings. The minimum atomic E-state index is -0.241.